The molecule has 10 heavy (non-hydrogen) atoms. The van der Waals surface area contributed by atoms with Crippen molar-refractivity contribution in [1.29, 1.82) is 0 Å². The van der Waals surface area contributed by atoms with Gasteiger partial charge in [0.25, 0.3) is 0 Å². The maximum Gasteiger partial charge on any atom is 0.366 e. The van der Waals surface area contributed by atoms with E-state index in [9.17, 15) is 4.79 Å². The van der Waals surface area contributed by atoms with E-state index in [4.69, 9.17) is 4.74 Å². The van der Waals surface area contributed by atoms with Crippen LogP contribution in [0.25, 0.3) is 0 Å². The first-order chi connectivity index (χ1) is 4.77. The van der Waals surface area contributed by atoms with Crippen LogP contribution in [0.4, 0.5) is 4.79 Å². The lowest BCUT2D eigenvalue weighted by Crippen LogP contribution is -2.02. The quantitative estimate of drug-likeness (QED) is 0.291. The summed E-state index contributed by atoms with van der Waals surface area (Å²) in [5.41, 5.74) is 0. The smallest absolute Gasteiger partial charge is 0.366 e. The molecule has 60 valence electrons. The van der Waals surface area contributed by atoms with Gasteiger partial charge in [0.1, 0.15) is 0 Å². The van der Waals surface area contributed by atoms with Gasteiger partial charge in [0.15, 0.2) is 6.79 Å². The Morgan fingerprint density at radius 2 is 2.30 bits per heavy atom. The first kappa shape index (κ1) is 9.78. The molecule has 0 aromatic rings. The highest BCUT2D eigenvalue weighted by Gasteiger charge is 1.91. The minimum atomic E-state index is -0.600. The third-order valence-corrected chi connectivity index (χ3v) is 1.04. The normalized spacial score (nSPS) is 9.40. The van der Waals surface area contributed by atoms with Crippen molar-refractivity contribution in [2.24, 2.45) is 0 Å². The molecular formula is C6H12O3S. The van der Waals surface area contributed by atoms with Crippen LogP contribution in [0.3, 0.4) is 0 Å². The zero-order valence-corrected chi connectivity index (χ0v) is 6.89. The van der Waals surface area contributed by atoms with Gasteiger partial charge in [0, 0.05) is 0 Å². The Balaban J connectivity index is 2.84. The molecule has 0 bridgehead atoms. The van der Waals surface area contributed by atoms with Crippen LogP contribution in [0.2, 0.25) is 0 Å². The van der Waals surface area contributed by atoms with E-state index in [-0.39, 0.29) is 6.79 Å². The van der Waals surface area contributed by atoms with Gasteiger partial charge in [0.05, 0.1) is 6.61 Å². The number of rotatable bonds is 5. The van der Waals surface area contributed by atoms with Crippen molar-refractivity contribution >= 4 is 17.9 Å². The molecule has 3 nitrogen and oxygen atoms in total. The zero-order chi connectivity index (χ0) is 7.82. The predicted octanol–water partition coefficient (Wildman–Crippen LogP) is 1.83. The van der Waals surface area contributed by atoms with E-state index < -0.39 is 5.30 Å². The highest BCUT2D eigenvalue weighted by atomic mass is 32.1. The fourth-order valence-electron chi connectivity index (χ4n) is 0.397. The number of hydrogen-bond donors (Lipinski definition) is 1. The number of carbonyl (C=O) groups is 1. The van der Waals surface area contributed by atoms with Crippen molar-refractivity contribution in [3.8, 4) is 0 Å². The third kappa shape index (κ3) is 7.78. The molecule has 0 aromatic heterocycles. The van der Waals surface area contributed by atoms with Crippen LogP contribution in [0.5, 0.6) is 0 Å². The van der Waals surface area contributed by atoms with Gasteiger partial charge in [-0.05, 0) is 6.42 Å². The maximum absolute atomic E-state index is 10.0. The van der Waals surface area contributed by atoms with E-state index in [0.29, 0.717) is 6.61 Å². The van der Waals surface area contributed by atoms with E-state index in [1.54, 1.807) is 0 Å². The molecule has 0 unspecified atom stereocenters. The van der Waals surface area contributed by atoms with E-state index >= 15 is 0 Å². The predicted molar refractivity (Wildman–Crippen MR) is 41.2 cm³/mol. The first-order valence-corrected chi connectivity index (χ1v) is 3.65. The van der Waals surface area contributed by atoms with Crippen LogP contribution in [-0.4, -0.2) is 18.7 Å². The molecular weight excluding hydrogens is 152 g/mol. The Kier molecular flexibility index (Phi) is 6.74. The molecule has 0 radical (unpaired) electrons. The highest BCUT2D eigenvalue weighted by molar-refractivity contribution is 7.96. The Labute approximate surface area is 66.1 Å². The van der Waals surface area contributed by atoms with Crippen LogP contribution >= 0.6 is 12.6 Å². The van der Waals surface area contributed by atoms with Gasteiger partial charge in [-0.3, -0.25) is 0 Å². The van der Waals surface area contributed by atoms with Crippen molar-refractivity contribution in [3.63, 3.8) is 0 Å². The molecule has 0 amide bonds. The monoisotopic (exact) mass is 164 g/mol. The number of thiol groups is 1. The second-order valence-electron chi connectivity index (χ2n) is 1.79. The van der Waals surface area contributed by atoms with Crippen LogP contribution in [-0.2, 0) is 9.47 Å². The average molecular weight is 164 g/mol. The second-order valence-corrected chi connectivity index (χ2v) is 2.16. The van der Waals surface area contributed by atoms with Crippen molar-refractivity contribution in [2.45, 2.75) is 19.8 Å². The van der Waals surface area contributed by atoms with Crippen LogP contribution in [0.15, 0.2) is 0 Å². The summed E-state index contributed by atoms with van der Waals surface area (Å²) in [7, 11) is 0. The molecule has 0 saturated carbocycles. The zero-order valence-electron chi connectivity index (χ0n) is 6.00. The van der Waals surface area contributed by atoms with Crippen molar-refractivity contribution in [1.82, 2.24) is 0 Å². The van der Waals surface area contributed by atoms with Gasteiger partial charge < -0.3 is 9.47 Å². The van der Waals surface area contributed by atoms with Crippen molar-refractivity contribution < 1.29 is 14.3 Å². The number of unbranched alkanes of at least 4 members (excludes halogenated alkanes) is 1. The molecule has 0 heterocycles. The lowest BCUT2D eigenvalue weighted by Gasteiger charge is -2.01. The van der Waals surface area contributed by atoms with Gasteiger partial charge in [0.2, 0.25) is 0 Å². The molecule has 0 spiro atoms. The van der Waals surface area contributed by atoms with Gasteiger partial charge >= 0.3 is 5.30 Å². The fraction of sp³-hybridized carbons (Fsp3) is 0.833. The Morgan fingerprint density at radius 1 is 1.60 bits per heavy atom. The van der Waals surface area contributed by atoms with Crippen molar-refractivity contribution in [3.05, 3.63) is 0 Å². The Bertz CT molecular complexity index is 95.0. The van der Waals surface area contributed by atoms with E-state index in [1.807, 2.05) is 0 Å². The molecule has 0 aromatic carbocycles. The second kappa shape index (κ2) is 6.89. The summed E-state index contributed by atoms with van der Waals surface area (Å²) in [4.78, 5) is 10.0. The summed E-state index contributed by atoms with van der Waals surface area (Å²) >= 11 is 3.38. The van der Waals surface area contributed by atoms with E-state index in [1.165, 1.54) is 0 Å². The molecule has 0 aliphatic heterocycles. The largest absolute Gasteiger partial charge is 0.431 e. The maximum atomic E-state index is 10.0. The lowest BCUT2D eigenvalue weighted by atomic mass is 10.4. The highest BCUT2D eigenvalue weighted by Crippen LogP contribution is 1.90. The SMILES string of the molecule is CCCCOCOC(=O)S. The Hall–Kier alpha value is -0.220. The summed E-state index contributed by atoms with van der Waals surface area (Å²) < 4.78 is 9.28. The summed E-state index contributed by atoms with van der Waals surface area (Å²) in [6.45, 7) is 2.72. The fourth-order valence-corrected chi connectivity index (χ4v) is 0.450. The number of carbonyl (C=O) groups excluding carboxylic acids is 1. The van der Waals surface area contributed by atoms with Crippen LogP contribution in [0.1, 0.15) is 19.8 Å². The van der Waals surface area contributed by atoms with Crippen LogP contribution < -0.4 is 0 Å². The molecule has 0 saturated heterocycles. The summed E-state index contributed by atoms with van der Waals surface area (Å²) in [6.07, 6.45) is 2.07. The third-order valence-electron chi connectivity index (χ3n) is 0.908. The Morgan fingerprint density at radius 3 is 2.80 bits per heavy atom. The van der Waals surface area contributed by atoms with Gasteiger partial charge in [-0.2, -0.15) is 0 Å². The topological polar surface area (TPSA) is 35.5 Å². The van der Waals surface area contributed by atoms with Crippen molar-refractivity contribution in [2.75, 3.05) is 13.4 Å². The minimum absolute atomic E-state index is 0.0162. The molecule has 0 atom stereocenters. The number of hydrogen-bond acceptors (Lipinski definition) is 3. The van der Waals surface area contributed by atoms with Gasteiger partial charge in [-0.1, -0.05) is 26.0 Å². The average Bonchev–Trinajstić information content (AvgIpc) is 1.87. The lowest BCUT2D eigenvalue weighted by molar-refractivity contribution is -0.00619. The first-order valence-electron chi connectivity index (χ1n) is 3.20. The van der Waals surface area contributed by atoms with Gasteiger partial charge in [-0.15, -0.1) is 0 Å². The molecule has 0 rings (SSSR count). The van der Waals surface area contributed by atoms with E-state index in [2.05, 4.69) is 24.3 Å². The van der Waals surface area contributed by atoms with Crippen LogP contribution in [0, 0.1) is 0 Å². The summed E-state index contributed by atoms with van der Waals surface area (Å²) in [6, 6.07) is 0. The molecule has 0 aliphatic rings. The van der Waals surface area contributed by atoms with Gasteiger partial charge in [-0.25, -0.2) is 4.79 Å². The minimum Gasteiger partial charge on any atom is -0.431 e. The van der Waals surface area contributed by atoms with E-state index in [0.717, 1.165) is 12.8 Å². The summed E-state index contributed by atoms with van der Waals surface area (Å²) in [5.74, 6) is 0. The molecule has 0 N–H and O–H groups in total. The molecule has 0 aliphatic carbocycles. The molecule has 4 heteroatoms. The molecule has 0 fully saturated rings. The number of ether oxygens (including phenoxy) is 2. The summed E-state index contributed by atoms with van der Waals surface area (Å²) in [5, 5.41) is -0.600. The standard InChI is InChI=1S/C6H12O3S/c1-2-3-4-8-5-9-6(7)10/h2-5H2,1H3,(H,7,10).